The maximum absolute atomic E-state index is 9.87. The van der Waals surface area contributed by atoms with Gasteiger partial charge >= 0.3 is 8.56 Å². The Balaban J connectivity index is 2.54. The second-order valence-electron chi connectivity index (χ2n) is 6.04. The summed E-state index contributed by atoms with van der Waals surface area (Å²) in [6, 6.07) is 8.48. The molecule has 1 aromatic carbocycles. The zero-order valence-electron chi connectivity index (χ0n) is 14.1. The molecule has 124 valence electrons. The fourth-order valence-corrected chi connectivity index (χ4v) is 8.34. The van der Waals surface area contributed by atoms with Gasteiger partial charge in [-0.05, 0) is 36.6 Å². The first-order valence-electron chi connectivity index (χ1n) is 8.03. The van der Waals surface area contributed by atoms with E-state index in [1.165, 1.54) is 0 Å². The lowest BCUT2D eigenvalue weighted by molar-refractivity contribution is -0.0302. The summed E-state index contributed by atoms with van der Waals surface area (Å²) in [7, 11) is 2.78. The molecule has 1 saturated heterocycles. The number of hydrogen-bond donors (Lipinski definition) is 1. The van der Waals surface area contributed by atoms with Crippen LogP contribution >= 0.6 is 0 Å². The van der Waals surface area contributed by atoms with Crippen molar-refractivity contribution in [3.63, 3.8) is 0 Å². The lowest BCUT2D eigenvalue weighted by Gasteiger charge is -2.52. The van der Waals surface area contributed by atoms with E-state index in [1.807, 2.05) is 12.1 Å². The number of ether oxygens (including phenoxy) is 1. The minimum absolute atomic E-state index is 0.185. The number of phenolic OH excluding ortho intramolecular Hbond substituents is 1. The number of aromatic hydroxyl groups is 1. The Labute approximate surface area is 134 Å². The van der Waals surface area contributed by atoms with Gasteiger partial charge in [0.05, 0.1) is 0 Å². The third-order valence-electron chi connectivity index (χ3n) is 5.12. The molecule has 5 heteroatoms. The van der Waals surface area contributed by atoms with Gasteiger partial charge in [-0.25, -0.2) is 0 Å². The minimum atomic E-state index is -2.50. The summed E-state index contributed by atoms with van der Waals surface area (Å²) in [6.45, 7) is 2.17. The Morgan fingerprint density at radius 3 is 2.55 bits per heavy atom. The minimum Gasteiger partial charge on any atom is -0.508 e. The van der Waals surface area contributed by atoms with Crippen molar-refractivity contribution in [2.24, 2.45) is 0 Å². The van der Waals surface area contributed by atoms with Crippen LogP contribution in [0.15, 0.2) is 24.3 Å². The van der Waals surface area contributed by atoms with Gasteiger partial charge in [0.1, 0.15) is 11.0 Å². The Bertz CT molecular complexity index is 489. The predicted molar refractivity (Wildman–Crippen MR) is 89.3 cm³/mol. The van der Waals surface area contributed by atoms with Gasteiger partial charge in [0.2, 0.25) is 0 Å². The molecule has 2 unspecified atom stereocenters. The molecule has 1 N–H and O–H groups in total. The fraction of sp³-hybridized carbons (Fsp3) is 0.647. The molecule has 1 aliphatic heterocycles. The summed E-state index contributed by atoms with van der Waals surface area (Å²) in [5.74, 6) is 0.483. The molecule has 0 bridgehead atoms. The molecular weight excluding hydrogens is 296 g/mol. The quantitative estimate of drug-likeness (QED) is 0.810. The third-order valence-corrected chi connectivity index (χ3v) is 9.55. The van der Waals surface area contributed by atoms with Crippen molar-refractivity contribution in [1.82, 2.24) is 0 Å². The van der Waals surface area contributed by atoms with Gasteiger partial charge in [-0.3, -0.25) is 0 Å². The average Bonchev–Trinajstić information content (AvgIpc) is 2.55. The monoisotopic (exact) mass is 324 g/mol. The summed E-state index contributed by atoms with van der Waals surface area (Å²) in [4.78, 5) is 0. The topological polar surface area (TPSA) is 47.9 Å². The molecule has 4 nitrogen and oxygen atoms in total. The van der Waals surface area contributed by atoms with Crippen molar-refractivity contribution in [1.29, 1.82) is 0 Å². The molecule has 1 aliphatic rings. The number of phenols is 1. The summed E-state index contributed by atoms with van der Waals surface area (Å²) >= 11 is 0. The van der Waals surface area contributed by atoms with E-state index in [2.05, 4.69) is 13.0 Å². The van der Waals surface area contributed by atoms with Crippen LogP contribution in [0.25, 0.3) is 0 Å². The molecule has 1 heterocycles. The molecule has 0 aliphatic carbocycles. The first-order chi connectivity index (χ1) is 10.6. The highest BCUT2D eigenvalue weighted by Crippen LogP contribution is 2.51. The molecule has 1 fully saturated rings. The molecular formula is C17H28O4Si. The van der Waals surface area contributed by atoms with E-state index in [1.54, 1.807) is 27.4 Å². The third kappa shape index (κ3) is 2.71. The van der Waals surface area contributed by atoms with Crippen LogP contribution in [-0.2, 0) is 13.6 Å². The van der Waals surface area contributed by atoms with Crippen molar-refractivity contribution < 1.29 is 18.7 Å². The number of rotatable bonds is 6. The first kappa shape index (κ1) is 17.5. The van der Waals surface area contributed by atoms with Gasteiger partial charge in [-0.1, -0.05) is 31.9 Å². The van der Waals surface area contributed by atoms with Gasteiger partial charge in [0.15, 0.2) is 0 Å². The zero-order chi connectivity index (χ0) is 16.2. The summed E-state index contributed by atoms with van der Waals surface area (Å²) in [6.07, 6.45) is 3.99. The standard InChI is InChI=1S/C17H28O4Si/c1-5-11-17(19-2)16(14-8-6-9-15(18)13-14)10-7-12-22(17,20-3)21-4/h6,8-9,13,16,18H,5,7,10-12H2,1-4H3. The molecule has 0 saturated carbocycles. The first-order valence-corrected chi connectivity index (χ1v) is 10.1. The van der Waals surface area contributed by atoms with Gasteiger partial charge < -0.3 is 18.7 Å². The lowest BCUT2D eigenvalue weighted by atomic mass is 9.85. The van der Waals surface area contributed by atoms with E-state index in [4.69, 9.17) is 13.6 Å². The Hall–Kier alpha value is -0.883. The summed E-state index contributed by atoms with van der Waals surface area (Å²) in [5.41, 5.74) is 1.11. The number of methoxy groups -OCH3 is 1. The highest BCUT2D eigenvalue weighted by atomic mass is 28.4. The van der Waals surface area contributed by atoms with Gasteiger partial charge in [-0.2, -0.15) is 0 Å². The maximum Gasteiger partial charge on any atom is 0.371 e. The van der Waals surface area contributed by atoms with Crippen molar-refractivity contribution in [3.05, 3.63) is 29.8 Å². The van der Waals surface area contributed by atoms with Crippen molar-refractivity contribution in [2.75, 3.05) is 21.3 Å². The Morgan fingerprint density at radius 1 is 1.27 bits per heavy atom. The Kier molecular flexibility index (Phi) is 5.66. The number of benzene rings is 1. The van der Waals surface area contributed by atoms with E-state index in [0.29, 0.717) is 5.75 Å². The highest BCUT2D eigenvalue weighted by Gasteiger charge is 2.63. The average molecular weight is 324 g/mol. The largest absolute Gasteiger partial charge is 0.508 e. The SMILES string of the molecule is CCCC1(OC)C(c2cccc(O)c2)CCC[Si]1(OC)OC. The van der Waals surface area contributed by atoms with Crippen LogP contribution in [-0.4, -0.2) is 40.2 Å². The summed E-state index contributed by atoms with van der Waals surface area (Å²) < 4.78 is 18.2. The van der Waals surface area contributed by atoms with E-state index in [0.717, 1.165) is 37.3 Å². The highest BCUT2D eigenvalue weighted by molar-refractivity contribution is 6.71. The van der Waals surface area contributed by atoms with Gasteiger partial charge in [0.25, 0.3) is 0 Å². The molecule has 0 amide bonds. The lowest BCUT2D eigenvalue weighted by Crippen LogP contribution is -2.67. The van der Waals surface area contributed by atoms with E-state index in [-0.39, 0.29) is 5.92 Å². The van der Waals surface area contributed by atoms with Crippen LogP contribution in [0.2, 0.25) is 6.04 Å². The van der Waals surface area contributed by atoms with E-state index in [9.17, 15) is 5.11 Å². The molecule has 22 heavy (non-hydrogen) atoms. The van der Waals surface area contributed by atoms with Crippen molar-refractivity contribution in [2.45, 2.75) is 49.8 Å². The van der Waals surface area contributed by atoms with Gasteiger partial charge in [-0.15, -0.1) is 0 Å². The normalized spacial score (nSPS) is 27.7. The maximum atomic E-state index is 9.87. The molecule has 2 rings (SSSR count). The molecule has 1 aromatic rings. The fourth-order valence-electron chi connectivity index (χ4n) is 4.20. The molecule has 2 atom stereocenters. The van der Waals surface area contributed by atoms with Crippen LogP contribution in [0, 0.1) is 0 Å². The smallest absolute Gasteiger partial charge is 0.371 e. The van der Waals surface area contributed by atoms with Crippen LogP contribution in [0.4, 0.5) is 0 Å². The van der Waals surface area contributed by atoms with Gasteiger partial charge in [0, 0.05) is 27.2 Å². The molecule has 0 spiro atoms. The summed E-state index contributed by atoms with van der Waals surface area (Å²) in [5, 5.41) is 9.45. The van der Waals surface area contributed by atoms with Crippen LogP contribution in [0.5, 0.6) is 5.75 Å². The number of hydrogen-bond acceptors (Lipinski definition) is 4. The molecule has 0 aromatic heterocycles. The Morgan fingerprint density at radius 2 is 2.00 bits per heavy atom. The van der Waals surface area contributed by atoms with Crippen molar-refractivity contribution in [3.8, 4) is 5.75 Å². The van der Waals surface area contributed by atoms with E-state index < -0.39 is 13.8 Å². The second kappa shape index (κ2) is 7.13. The predicted octanol–water partition coefficient (Wildman–Crippen LogP) is 3.73. The second-order valence-corrected chi connectivity index (χ2v) is 9.71. The van der Waals surface area contributed by atoms with Crippen LogP contribution < -0.4 is 0 Å². The van der Waals surface area contributed by atoms with Crippen LogP contribution in [0.1, 0.15) is 44.1 Å². The van der Waals surface area contributed by atoms with E-state index >= 15 is 0 Å². The zero-order valence-corrected chi connectivity index (χ0v) is 15.1. The van der Waals surface area contributed by atoms with Crippen LogP contribution in [0.3, 0.4) is 0 Å². The van der Waals surface area contributed by atoms with Crippen molar-refractivity contribution >= 4 is 8.56 Å². The molecule has 0 radical (unpaired) electrons.